The SMILES string of the molecule is CCc1ccc2c(CN(C)Cc3cc(OC)c(OC)cc3C)cc(=O)oc2c1. The minimum absolute atomic E-state index is 0.313. The van der Waals surface area contributed by atoms with Gasteiger partial charge in [-0.25, -0.2) is 4.79 Å². The molecule has 0 fully saturated rings. The van der Waals surface area contributed by atoms with E-state index in [2.05, 4.69) is 24.8 Å². The summed E-state index contributed by atoms with van der Waals surface area (Å²) in [5, 5.41) is 0.979. The first-order valence-electron chi connectivity index (χ1n) is 9.40. The van der Waals surface area contributed by atoms with E-state index in [1.54, 1.807) is 20.3 Å². The van der Waals surface area contributed by atoms with Crippen molar-refractivity contribution >= 4 is 11.0 Å². The van der Waals surface area contributed by atoms with Gasteiger partial charge in [-0.05, 0) is 60.8 Å². The monoisotopic (exact) mass is 381 g/mol. The average Bonchev–Trinajstić information content (AvgIpc) is 2.68. The molecular formula is C23H27NO4. The van der Waals surface area contributed by atoms with Gasteiger partial charge >= 0.3 is 5.63 Å². The second-order valence-electron chi connectivity index (χ2n) is 7.08. The lowest BCUT2D eigenvalue weighted by atomic mass is 10.0. The summed E-state index contributed by atoms with van der Waals surface area (Å²) < 4.78 is 16.2. The topological polar surface area (TPSA) is 51.9 Å². The zero-order valence-corrected chi connectivity index (χ0v) is 17.2. The van der Waals surface area contributed by atoms with Crippen LogP contribution in [0.2, 0.25) is 0 Å². The van der Waals surface area contributed by atoms with Crippen LogP contribution < -0.4 is 15.1 Å². The van der Waals surface area contributed by atoms with Crippen LogP contribution in [0.25, 0.3) is 11.0 Å². The summed E-state index contributed by atoms with van der Waals surface area (Å²) in [4.78, 5) is 14.2. The predicted octanol–water partition coefficient (Wildman–Crippen LogP) is 4.31. The van der Waals surface area contributed by atoms with E-state index in [4.69, 9.17) is 13.9 Å². The van der Waals surface area contributed by atoms with Gasteiger partial charge < -0.3 is 13.9 Å². The highest BCUT2D eigenvalue weighted by Gasteiger charge is 2.13. The number of fused-ring (bicyclic) bond motifs is 1. The lowest BCUT2D eigenvalue weighted by molar-refractivity contribution is 0.316. The maximum atomic E-state index is 12.0. The number of nitrogens with zero attached hydrogens (tertiary/aromatic N) is 1. The molecule has 0 aliphatic rings. The minimum Gasteiger partial charge on any atom is -0.493 e. The maximum absolute atomic E-state index is 12.0. The molecular weight excluding hydrogens is 354 g/mol. The Kier molecular flexibility index (Phi) is 6.05. The molecule has 0 amide bonds. The number of hydrogen-bond acceptors (Lipinski definition) is 5. The summed E-state index contributed by atoms with van der Waals surface area (Å²) in [5.41, 5.74) is 4.75. The molecule has 0 spiro atoms. The van der Waals surface area contributed by atoms with Crippen molar-refractivity contribution in [1.82, 2.24) is 4.90 Å². The summed E-state index contributed by atoms with van der Waals surface area (Å²) in [6.07, 6.45) is 0.905. The molecule has 0 unspecified atom stereocenters. The van der Waals surface area contributed by atoms with Crippen LogP contribution in [-0.4, -0.2) is 26.2 Å². The second-order valence-corrected chi connectivity index (χ2v) is 7.08. The Morgan fingerprint density at radius 3 is 2.32 bits per heavy atom. The predicted molar refractivity (Wildman–Crippen MR) is 111 cm³/mol. The fourth-order valence-electron chi connectivity index (χ4n) is 3.46. The Hall–Kier alpha value is -2.79. The Labute approximate surface area is 165 Å². The Balaban J connectivity index is 1.88. The van der Waals surface area contributed by atoms with Gasteiger partial charge in [0.15, 0.2) is 11.5 Å². The summed E-state index contributed by atoms with van der Waals surface area (Å²) in [6, 6.07) is 11.7. The van der Waals surface area contributed by atoms with E-state index >= 15 is 0 Å². The van der Waals surface area contributed by atoms with Gasteiger partial charge in [0.1, 0.15) is 5.58 Å². The smallest absolute Gasteiger partial charge is 0.336 e. The molecule has 0 bridgehead atoms. The number of aryl methyl sites for hydroxylation is 2. The van der Waals surface area contributed by atoms with Crippen molar-refractivity contribution in [2.24, 2.45) is 0 Å². The van der Waals surface area contributed by atoms with Crippen LogP contribution in [0.4, 0.5) is 0 Å². The van der Waals surface area contributed by atoms with Gasteiger partial charge in [-0.3, -0.25) is 4.90 Å². The van der Waals surface area contributed by atoms with E-state index < -0.39 is 0 Å². The third kappa shape index (κ3) is 4.20. The van der Waals surface area contributed by atoms with Crippen LogP contribution in [0.1, 0.15) is 29.2 Å². The number of rotatable bonds is 7. The number of benzene rings is 2. The Morgan fingerprint density at radius 2 is 1.64 bits per heavy atom. The molecule has 2 aromatic carbocycles. The van der Waals surface area contributed by atoms with Crippen molar-refractivity contribution in [3.63, 3.8) is 0 Å². The van der Waals surface area contributed by atoms with E-state index in [1.807, 2.05) is 31.3 Å². The molecule has 0 saturated carbocycles. The standard InChI is InChI=1S/C23H27NO4/c1-6-16-7-8-19-18(12-23(25)28-20(19)10-16)14-24(3)13-17-11-22(27-5)21(26-4)9-15(17)2/h7-12H,6,13-14H2,1-5H3. The van der Waals surface area contributed by atoms with Crippen LogP contribution in [0.15, 0.2) is 45.6 Å². The van der Waals surface area contributed by atoms with Crippen molar-refractivity contribution in [3.05, 3.63) is 69.1 Å². The molecule has 0 radical (unpaired) electrons. The Morgan fingerprint density at radius 1 is 0.964 bits per heavy atom. The molecule has 148 valence electrons. The average molecular weight is 381 g/mol. The molecule has 0 atom stereocenters. The molecule has 0 N–H and O–H groups in total. The van der Waals surface area contributed by atoms with Gasteiger partial charge in [0.25, 0.3) is 0 Å². The van der Waals surface area contributed by atoms with Crippen molar-refractivity contribution in [3.8, 4) is 11.5 Å². The highest BCUT2D eigenvalue weighted by atomic mass is 16.5. The van der Waals surface area contributed by atoms with Gasteiger partial charge in [0.2, 0.25) is 0 Å². The molecule has 0 saturated heterocycles. The van der Waals surface area contributed by atoms with Crippen molar-refractivity contribution < 1.29 is 13.9 Å². The van der Waals surface area contributed by atoms with E-state index in [1.165, 1.54) is 0 Å². The van der Waals surface area contributed by atoms with Crippen LogP contribution >= 0.6 is 0 Å². The molecule has 0 aliphatic carbocycles. The Bertz CT molecular complexity index is 1040. The lowest BCUT2D eigenvalue weighted by Gasteiger charge is -2.20. The molecule has 3 aromatic rings. The third-order valence-corrected chi connectivity index (χ3v) is 5.03. The zero-order valence-electron chi connectivity index (χ0n) is 17.2. The largest absolute Gasteiger partial charge is 0.493 e. The van der Waals surface area contributed by atoms with Gasteiger partial charge in [-0.2, -0.15) is 0 Å². The second kappa shape index (κ2) is 8.48. The van der Waals surface area contributed by atoms with E-state index in [9.17, 15) is 4.79 Å². The van der Waals surface area contributed by atoms with Gasteiger partial charge in [0.05, 0.1) is 14.2 Å². The van der Waals surface area contributed by atoms with Gasteiger partial charge in [0, 0.05) is 24.5 Å². The fraction of sp³-hybridized carbons (Fsp3) is 0.348. The van der Waals surface area contributed by atoms with Crippen molar-refractivity contribution in [2.45, 2.75) is 33.4 Å². The lowest BCUT2D eigenvalue weighted by Crippen LogP contribution is -2.19. The van der Waals surface area contributed by atoms with Crippen molar-refractivity contribution in [1.29, 1.82) is 0 Å². The molecule has 0 aliphatic heterocycles. The van der Waals surface area contributed by atoms with E-state index in [-0.39, 0.29) is 5.63 Å². The van der Waals surface area contributed by atoms with E-state index in [0.717, 1.165) is 52.1 Å². The summed E-state index contributed by atoms with van der Waals surface area (Å²) in [5.74, 6) is 1.44. The number of methoxy groups -OCH3 is 2. The molecule has 5 heteroatoms. The molecule has 1 heterocycles. The molecule has 5 nitrogen and oxygen atoms in total. The first kappa shape index (κ1) is 20.0. The minimum atomic E-state index is -0.313. The fourth-order valence-corrected chi connectivity index (χ4v) is 3.46. The van der Waals surface area contributed by atoms with Gasteiger partial charge in [-0.1, -0.05) is 19.1 Å². The van der Waals surface area contributed by atoms with E-state index in [0.29, 0.717) is 12.1 Å². The summed E-state index contributed by atoms with van der Waals surface area (Å²) in [7, 11) is 5.32. The van der Waals surface area contributed by atoms with Crippen molar-refractivity contribution in [2.75, 3.05) is 21.3 Å². The quantitative estimate of drug-likeness (QED) is 0.571. The summed E-state index contributed by atoms with van der Waals surface area (Å²) in [6.45, 7) is 5.51. The number of ether oxygens (including phenoxy) is 2. The third-order valence-electron chi connectivity index (χ3n) is 5.03. The maximum Gasteiger partial charge on any atom is 0.336 e. The highest BCUT2D eigenvalue weighted by molar-refractivity contribution is 5.80. The van der Waals surface area contributed by atoms with Crippen LogP contribution in [0.3, 0.4) is 0 Å². The molecule has 3 rings (SSSR count). The van der Waals surface area contributed by atoms with Gasteiger partial charge in [-0.15, -0.1) is 0 Å². The van der Waals surface area contributed by atoms with Crippen LogP contribution in [0.5, 0.6) is 11.5 Å². The highest BCUT2D eigenvalue weighted by Crippen LogP contribution is 2.31. The van der Waals surface area contributed by atoms with Crippen LogP contribution in [-0.2, 0) is 19.5 Å². The molecule has 1 aromatic heterocycles. The first-order chi connectivity index (χ1) is 13.4. The van der Waals surface area contributed by atoms with Crippen LogP contribution in [0, 0.1) is 6.92 Å². The molecule has 28 heavy (non-hydrogen) atoms. The number of hydrogen-bond donors (Lipinski definition) is 0. The first-order valence-corrected chi connectivity index (χ1v) is 9.40. The normalized spacial score (nSPS) is 11.2. The zero-order chi connectivity index (χ0) is 20.3. The summed E-state index contributed by atoms with van der Waals surface area (Å²) >= 11 is 0.